The molecule has 0 aliphatic rings. The third kappa shape index (κ3) is 13.6. The van der Waals surface area contributed by atoms with Gasteiger partial charge in [0.15, 0.2) is 46.2 Å². The van der Waals surface area contributed by atoms with Crippen LogP contribution in [0.5, 0.6) is 11.6 Å². The second-order valence-electron chi connectivity index (χ2n) is 25.2. The Balaban J connectivity index is 0.000000113. The number of nitrogens with zero attached hydrogens (tertiary/aromatic N) is 17. The van der Waals surface area contributed by atoms with E-state index in [0.29, 0.717) is 68.4 Å². The van der Waals surface area contributed by atoms with Gasteiger partial charge in [-0.05, 0) is 35.7 Å². The van der Waals surface area contributed by atoms with E-state index < -0.39 is 5.97 Å². The Hall–Kier alpha value is -16.6. The Morgan fingerprint density at radius 2 is 0.920 bits per heavy atom. The first kappa shape index (κ1) is 71.0. The van der Waals surface area contributed by atoms with Gasteiger partial charge < -0.3 is 14.0 Å². The van der Waals surface area contributed by atoms with Crippen LogP contribution >= 0.6 is 0 Å². The normalized spacial score (nSPS) is 10.7. The number of esters is 1. The van der Waals surface area contributed by atoms with E-state index in [9.17, 15) is 4.79 Å². The number of fused-ring (bicyclic) bond motifs is 5. The average molecular weight is 1460 g/mol. The molecule has 0 radical (unpaired) electrons. The SMILES string of the molecule is Cc1c(-c2ccccc2)cn2c(-c3ccccc3)n[nH]c12.[C-]#[N+]c1c(OC)c2n(C)c(-c3ccccc3)nn2c1OC(C)=O.[C-]#[N+]c1cn2c(-c3ccccc3)n[nH]c2c1C#N.[C-]#[N+]c1cn2c(-c3ccccn3)n[nH]c2c1C#N.c1ccc(-c2nc3c(-c4ccccc4)c(-c4ccccc4)c(-c4ccccc4)n3[nH]2)cc1. The van der Waals surface area contributed by atoms with Crippen LogP contribution in [0.1, 0.15) is 23.6 Å². The van der Waals surface area contributed by atoms with Crippen LogP contribution in [0.4, 0.5) is 17.1 Å². The number of carbonyl (C=O) groups is 1. The third-order valence-corrected chi connectivity index (χ3v) is 18.5. The second-order valence-corrected chi connectivity index (χ2v) is 25.2. The number of rotatable bonds is 11. The van der Waals surface area contributed by atoms with Crippen LogP contribution in [-0.2, 0) is 11.8 Å². The fraction of sp³-hybridized carbons (Fsp3) is 0.0455. The number of carbonyl (C=O) groups excluding carboxylic acids is 1. The molecular formula is C88H63N21O3. The minimum absolute atomic E-state index is 0.0668. The predicted octanol–water partition coefficient (Wildman–Crippen LogP) is 19.4. The van der Waals surface area contributed by atoms with E-state index >= 15 is 0 Å². The summed E-state index contributed by atoms with van der Waals surface area (Å²) in [5, 5.41) is 47.7. The largest absolute Gasteiger partial charge is 0.504 e. The van der Waals surface area contributed by atoms with Crippen molar-refractivity contribution in [2.45, 2.75) is 13.8 Å². The van der Waals surface area contributed by atoms with E-state index in [1.54, 1.807) is 32.0 Å². The molecule has 19 rings (SSSR count). The summed E-state index contributed by atoms with van der Waals surface area (Å²) in [6.07, 6.45) is 7.05. The van der Waals surface area contributed by atoms with Gasteiger partial charge in [0.1, 0.15) is 33.8 Å². The number of hydrogen-bond donors (Lipinski definition) is 4. The standard InChI is InChI=1S/C29H21N3.C18H15N3.C16H14N4O3.C13H7N5.C12H6N6/c1-5-13-21(14-6-1)25-26(22-15-7-2-8-16-22)29-30-28(24-19-11-4-12-20-24)31-32(29)27(25)23-17-9-3-10-18-23;1-13-16(14-8-4-2-5-9-14)12-21-17(13)19-20-18(21)15-10-6-3-7-11-15;1-10(21)23-16-12(17-2)13(22-4)15-19(3)14(18-20(15)16)11-8-6-5-7-9-11;1-15-11-8-18-12(9-5-3-2-4-6-9)16-17-13(18)10(11)7-14;1-14-10-7-18-11(8(10)6-13)16-17-12(18)9-4-2-3-5-15-9/h1-20H,(H,30,31);2-12,19H,1H3;5-9H,1,3-4H3;2-6,8,17H;2-5,7,16H. The van der Waals surface area contributed by atoms with Gasteiger partial charge in [-0.15, -0.1) is 5.10 Å². The highest BCUT2D eigenvalue weighted by Crippen LogP contribution is 2.47. The van der Waals surface area contributed by atoms with Crippen molar-refractivity contribution >= 4 is 51.3 Å². The summed E-state index contributed by atoms with van der Waals surface area (Å²) in [6.45, 7) is 24.8. The topological polar surface area (TPSA) is 264 Å². The number of benzene rings is 8. The lowest BCUT2D eigenvalue weighted by atomic mass is 9.94. The quantitative estimate of drug-likeness (QED) is 0.0699. The minimum Gasteiger partial charge on any atom is -0.504 e. The van der Waals surface area contributed by atoms with Gasteiger partial charge in [0, 0.05) is 88.8 Å². The second kappa shape index (κ2) is 31.6. The van der Waals surface area contributed by atoms with Crippen molar-refractivity contribution in [3.05, 3.63) is 337 Å². The summed E-state index contributed by atoms with van der Waals surface area (Å²) in [7, 11) is 3.29. The van der Waals surface area contributed by atoms with Gasteiger partial charge >= 0.3 is 5.97 Å². The van der Waals surface area contributed by atoms with Gasteiger partial charge in [-0.3, -0.25) is 43.4 Å². The molecule has 538 valence electrons. The first-order valence-electron chi connectivity index (χ1n) is 35.0. The molecule has 0 amide bonds. The van der Waals surface area contributed by atoms with Crippen molar-refractivity contribution in [3.63, 3.8) is 0 Å². The van der Waals surface area contributed by atoms with E-state index in [1.165, 1.54) is 46.4 Å². The molecule has 4 N–H and O–H groups in total. The molecule has 24 nitrogen and oxygen atoms in total. The summed E-state index contributed by atoms with van der Waals surface area (Å²) in [5.74, 6) is 3.61. The summed E-state index contributed by atoms with van der Waals surface area (Å²) < 4.78 is 21.5. The van der Waals surface area contributed by atoms with Crippen molar-refractivity contribution in [1.82, 2.24) is 77.6 Å². The smallest absolute Gasteiger partial charge is 0.308 e. The van der Waals surface area contributed by atoms with Gasteiger partial charge in [0.05, 0.1) is 44.7 Å². The number of pyridine rings is 1. The van der Waals surface area contributed by atoms with Crippen molar-refractivity contribution in [2.75, 3.05) is 7.11 Å². The maximum Gasteiger partial charge on any atom is 0.308 e. The molecule has 0 fully saturated rings. The van der Waals surface area contributed by atoms with E-state index in [2.05, 4.69) is 222 Å². The van der Waals surface area contributed by atoms with Crippen LogP contribution < -0.4 is 9.47 Å². The highest BCUT2D eigenvalue weighted by atomic mass is 16.5. The predicted molar refractivity (Wildman–Crippen MR) is 430 cm³/mol. The number of nitriles is 2. The number of ether oxygens (including phenoxy) is 2. The van der Waals surface area contributed by atoms with Gasteiger partial charge in [-0.25, -0.2) is 24.0 Å². The molecule has 0 atom stereocenters. The van der Waals surface area contributed by atoms with E-state index in [4.69, 9.17) is 44.7 Å². The maximum absolute atomic E-state index is 11.4. The van der Waals surface area contributed by atoms with Gasteiger partial charge in [0.2, 0.25) is 17.3 Å². The summed E-state index contributed by atoms with van der Waals surface area (Å²) in [4.78, 5) is 30.8. The number of aryl methyl sites for hydroxylation is 2. The van der Waals surface area contributed by atoms with Gasteiger partial charge in [0.25, 0.3) is 5.69 Å². The molecule has 0 saturated heterocycles. The molecule has 19 aromatic rings. The summed E-state index contributed by atoms with van der Waals surface area (Å²) >= 11 is 0. The van der Waals surface area contributed by atoms with Gasteiger partial charge in [-0.2, -0.15) is 30.3 Å². The number of methoxy groups -OCH3 is 1. The summed E-state index contributed by atoms with van der Waals surface area (Å²) in [6, 6.07) is 91.3. The van der Waals surface area contributed by atoms with Crippen LogP contribution in [-0.4, -0.2) is 90.6 Å². The van der Waals surface area contributed by atoms with Crippen LogP contribution in [0.3, 0.4) is 0 Å². The lowest BCUT2D eigenvalue weighted by molar-refractivity contribution is -0.132. The number of H-pyrrole nitrogens is 4. The molecule has 0 spiro atoms. The molecule has 0 aliphatic heterocycles. The Kier molecular flexibility index (Phi) is 20.0. The third-order valence-electron chi connectivity index (χ3n) is 18.5. The molecule has 0 bridgehead atoms. The number of aromatic amines is 4. The zero-order chi connectivity index (χ0) is 77.2. The number of aromatic nitrogens is 16. The molecule has 0 unspecified atom stereocenters. The van der Waals surface area contributed by atoms with Crippen LogP contribution in [0.15, 0.2) is 286 Å². The molecule has 0 aliphatic carbocycles. The molecular weight excluding hydrogens is 1400 g/mol. The monoisotopic (exact) mass is 1460 g/mol. The van der Waals surface area contributed by atoms with Crippen molar-refractivity contribution < 1.29 is 14.3 Å². The molecule has 11 heterocycles. The summed E-state index contributed by atoms with van der Waals surface area (Å²) in [5.41, 5.74) is 20.3. The van der Waals surface area contributed by atoms with E-state index in [1.807, 2.05) is 141 Å². The maximum atomic E-state index is 11.4. The fourth-order valence-electron chi connectivity index (χ4n) is 13.3. The number of nitrogens with one attached hydrogen (secondary N) is 4. The van der Waals surface area contributed by atoms with Gasteiger partial charge in [-0.1, -0.05) is 249 Å². The Labute approximate surface area is 640 Å². The lowest BCUT2D eigenvalue weighted by Crippen LogP contribution is -2.04. The minimum atomic E-state index is -0.524. The highest BCUT2D eigenvalue weighted by molar-refractivity contribution is 6.02. The molecule has 0 saturated carbocycles. The van der Waals surface area contributed by atoms with E-state index in [0.717, 1.165) is 67.6 Å². The van der Waals surface area contributed by atoms with E-state index in [-0.39, 0.29) is 11.6 Å². The molecule has 24 heteroatoms. The Bertz CT molecular complexity index is 6580. The first-order chi connectivity index (χ1) is 55.0. The van der Waals surface area contributed by atoms with Crippen molar-refractivity contribution in [2.24, 2.45) is 7.05 Å². The zero-order valence-corrected chi connectivity index (χ0v) is 60.5. The van der Waals surface area contributed by atoms with Crippen molar-refractivity contribution in [1.29, 1.82) is 10.5 Å². The Morgan fingerprint density at radius 3 is 1.38 bits per heavy atom. The first-order valence-corrected chi connectivity index (χ1v) is 35.0. The molecule has 11 aromatic heterocycles. The van der Waals surface area contributed by atoms with Crippen LogP contribution in [0, 0.1) is 49.3 Å². The molecule has 8 aromatic carbocycles. The van der Waals surface area contributed by atoms with Crippen LogP contribution in [0.2, 0.25) is 0 Å². The lowest BCUT2D eigenvalue weighted by Gasteiger charge is -2.09. The Morgan fingerprint density at radius 1 is 0.491 bits per heavy atom. The highest BCUT2D eigenvalue weighted by Gasteiger charge is 2.29. The zero-order valence-electron chi connectivity index (χ0n) is 60.5. The average Bonchev–Trinajstić information content (AvgIpc) is 1.57. The van der Waals surface area contributed by atoms with Crippen LogP contribution in [0.25, 0.3) is 144 Å². The van der Waals surface area contributed by atoms with Crippen molar-refractivity contribution in [3.8, 4) is 125 Å². The fourth-order valence-corrected chi connectivity index (χ4v) is 13.3. The number of hydrogen-bond acceptors (Lipinski definition) is 11. The molecule has 112 heavy (non-hydrogen) atoms.